The summed E-state index contributed by atoms with van der Waals surface area (Å²) in [6, 6.07) is 13.4. The maximum absolute atomic E-state index is 13.0. The second kappa shape index (κ2) is 9.34. The molecule has 2 N–H and O–H groups in total. The zero-order valence-corrected chi connectivity index (χ0v) is 18.1. The largest absolute Gasteiger partial charge is 0.352 e. The van der Waals surface area contributed by atoms with Gasteiger partial charge in [0.15, 0.2) is 0 Å². The second-order valence-electron chi connectivity index (χ2n) is 8.37. The predicted molar refractivity (Wildman–Crippen MR) is 119 cm³/mol. The zero-order valence-electron chi connectivity index (χ0n) is 18.1. The van der Waals surface area contributed by atoms with Gasteiger partial charge >= 0.3 is 0 Å². The summed E-state index contributed by atoms with van der Waals surface area (Å²) in [7, 11) is 0. The molecule has 166 valence electrons. The van der Waals surface area contributed by atoms with Crippen LogP contribution in [0.3, 0.4) is 0 Å². The molecule has 1 unspecified atom stereocenters. The number of nitrogens with zero attached hydrogens (tertiary/aromatic N) is 1. The van der Waals surface area contributed by atoms with E-state index in [-0.39, 0.29) is 34.9 Å². The van der Waals surface area contributed by atoms with Gasteiger partial charge in [-0.3, -0.25) is 24.1 Å². The van der Waals surface area contributed by atoms with Crippen molar-refractivity contribution in [2.75, 3.05) is 6.54 Å². The summed E-state index contributed by atoms with van der Waals surface area (Å²) in [5, 5.41) is 5.77. The Morgan fingerprint density at radius 1 is 1.03 bits per heavy atom. The van der Waals surface area contributed by atoms with E-state index >= 15 is 0 Å². The van der Waals surface area contributed by atoms with E-state index in [1.54, 1.807) is 0 Å². The van der Waals surface area contributed by atoms with Gasteiger partial charge in [0.05, 0.1) is 11.1 Å². The number of carbonyl (C=O) groups is 4. The molecular weight excluding hydrogens is 406 g/mol. The minimum atomic E-state index is -0.739. The summed E-state index contributed by atoms with van der Waals surface area (Å²) in [6.07, 6.45) is 3.86. The third-order valence-electron chi connectivity index (χ3n) is 5.80. The van der Waals surface area contributed by atoms with Gasteiger partial charge in [-0.2, -0.15) is 0 Å². The van der Waals surface area contributed by atoms with Crippen molar-refractivity contribution in [2.45, 2.75) is 51.1 Å². The highest BCUT2D eigenvalue weighted by Gasteiger charge is 2.36. The third kappa shape index (κ3) is 4.72. The molecule has 7 heteroatoms. The number of nitrogens with one attached hydrogen (secondary N) is 2. The Morgan fingerprint density at radius 2 is 1.75 bits per heavy atom. The summed E-state index contributed by atoms with van der Waals surface area (Å²) < 4.78 is 0. The van der Waals surface area contributed by atoms with E-state index in [1.165, 1.54) is 23.1 Å². The molecule has 4 rings (SSSR count). The molecule has 1 aliphatic carbocycles. The molecule has 32 heavy (non-hydrogen) atoms. The first-order valence-electron chi connectivity index (χ1n) is 11.1. The fourth-order valence-corrected chi connectivity index (χ4v) is 3.78. The summed E-state index contributed by atoms with van der Waals surface area (Å²) in [4.78, 5) is 52.2. The van der Waals surface area contributed by atoms with Crippen LogP contribution >= 0.6 is 0 Å². The monoisotopic (exact) mass is 433 g/mol. The topological polar surface area (TPSA) is 95.6 Å². The Labute approximate surface area is 187 Å². The molecule has 1 aliphatic heterocycles. The van der Waals surface area contributed by atoms with Crippen molar-refractivity contribution in [3.05, 3.63) is 70.8 Å². The minimum absolute atomic E-state index is 0.176. The van der Waals surface area contributed by atoms with Crippen molar-refractivity contribution >= 4 is 23.6 Å². The van der Waals surface area contributed by atoms with Gasteiger partial charge in [-0.15, -0.1) is 0 Å². The standard InChI is InChI=1S/C25H27N3O4/c1-2-3-13-28-24(31)19-12-9-17(15-20(19)25(28)32)22(29)27-21(23(30)26-18-10-11-18)14-16-7-5-4-6-8-16/h4-9,12,15,18,21H,2-3,10-11,13-14H2,1H3,(H,26,30)(H,27,29). The SMILES string of the molecule is CCCCN1C(=O)c2ccc(C(=O)NC(Cc3ccccc3)C(=O)NC3CC3)cc2C1=O. The molecule has 0 saturated heterocycles. The average Bonchev–Trinajstić information content (AvgIpc) is 3.58. The van der Waals surface area contributed by atoms with E-state index in [0.717, 1.165) is 31.2 Å². The molecule has 2 aromatic carbocycles. The van der Waals surface area contributed by atoms with E-state index in [4.69, 9.17) is 0 Å². The van der Waals surface area contributed by atoms with Crippen molar-refractivity contribution in [2.24, 2.45) is 0 Å². The van der Waals surface area contributed by atoms with Crippen LogP contribution in [0.5, 0.6) is 0 Å². The molecule has 0 bridgehead atoms. The lowest BCUT2D eigenvalue weighted by molar-refractivity contribution is -0.123. The van der Waals surface area contributed by atoms with Gasteiger partial charge in [-0.05, 0) is 43.0 Å². The van der Waals surface area contributed by atoms with Crippen LogP contribution in [0.25, 0.3) is 0 Å². The Morgan fingerprint density at radius 3 is 2.44 bits per heavy atom. The molecule has 0 radical (unpaired) electrons. The number of carbonyl (C=O) groups excluding carboxylic acids is 4. The van der Waals surface area contributed by atoms with Crippen LogP contribution < -0.4 is 10.6 Å². The van der Waals surface area contributed by atoms with Gasteiger partial charge in [-0.25, -0.2) is 0 Å². The molecule has 0 aromatic heterocycles. The van der Waals surface area contributed by atoms with Crippen molar-refractivity contribution < 1.29 is 19.2 Å². The summed E-state index contributed by atoms with van der Waals surface area (Å²) >= 11 is 0. The quantitative estimate of drug-likeness (QED) is 0.595. The normalized spacial score (nSPS) is 16.0. The van der Waals surface area contributed by atoms with E-state index in [1.807, 2.05) is 37.3 Å². The van der Waals surface area contributed by atoms with Crippen molar-refractivity contribution in [1.29, 1.82) is 0 Å². The molecule has 4 amide bonds. The van der Waals surface area contributed by atoms with Crippen LogP contribution in [0.1, 0.15) is 69.2 Å². The van der Waals surface area contributed by atoms with Crippen LogP contribution in [0.4, 0.5) is 0 Å². The molecule has 0 spiro atoms. The highest BCUT2D eigenvalue weighted by atomic mass is 16.2. The average molecular weight is 434 g/mol. The Balaban J connectivity index is 1.51. The lowest BCUT2D eigenvalue weighted by Crippen LogP contribution is -2.48. The van der Waals surface area contributed by atoms with E-state index in [2.05, 4.69) is 10.6 Å². The number of benzene rings is 2. The molecule has 1 heterocycles. The highest BCUT2D eigenvalue weighted by Crippen LogP contribution is 2.25. The Bertz CT molecular complexity index is 1050. The smallest absolute Gasteiger partial charge is 0.261 e. The first kappa shape index (κ1) is 21.7. The summed E-state index contributed by atoms with van der Waals surface area (Å²) in [5.74, 6) is -1.37. The van der Waals surface area contributed by atoms with Crippen molar-refractivity contribution in [3.8, 4) is 0 Å². The fourth-order valence-electron chi connectivity index (χ4n) is 3.78. The van der Waals surface area contributed by atoms with E-state index in [0.29, 0.717) is 18.5 Å². The van der Waals surface area contributed by atoms with Crippen molar-refractivity contribution in [1.82, 2.24) is 15.5 Å². The summed E-state index contributed by atoms with van der Waals surface area (Å²) in [6.45, 7) is 2.36. The number of rotatable bonds is 9. The van der Waals surface area contributed by atoms with Crippen LogP contribution in [0.15, 0.2) is 48.5 Å². The van der Waals surface area contributed by atoms with Gasteiger partial charge in [0.2, 0.25) is 5.91 Å². The van der Waals surface area contributed by atoms with Crippen LogP contribution in [0.2, 0.25) is 0 Å². The van der Waals surface area contributed by atoms with Gasteiger partial charge < -0.3 is 10.6 Å². The first-order chi connectivity index (χ1) is 15.5. The lowest BCUT2D eigenvalue weighted by atomic mass is 10.0. The number of unbranched alkanes of at least 4 members (excludes halogenated alkanes) is 1. The van der Waals surface area contributed by atoms with Gasteiger partial charge in [0.25, 0.3) is 17.7 Å². The minimum Gasteiger partial charge on any atom is -0.352 e. The fraction of sp³-hybridized carbons (Fsp3) is 0.360. The molecule has 1 saturated carbocycles. The third-order valence-corrected chi connectivity index (χ3v) is 5.80. The van der Waals surface area contributed by atoms with Crippen LogP contribution in [-0.2, 0) is 11.2 Å². The van der Waals surface area contributed by atoms with E-state index < -0.39 is 11.9 Å². The van der Waals surface area contributed by atoms with Gasteiger partial charge in [0, 0.05) is 24.6 Å². The van der Waals surface area contributed by atoms with E-state index in [9.17, 15) is 19.2 Å². The zero-order chi connectivity index (χ0) is 22.7. The van der Waals surface area contributed by atoms with Gasteiger partial charge in [0.1, 0.15) is 6.04 Å². The number of amides is 4. The molecule has 2 aromatic rings. The number of hydrogen-bond acceptors (Lipinski definition) is 4. The Kier molecular flexibility index (Phi) is 6.35. The molecule has 1 fully saturated rings. The maximum atomic E-state index is 13.0. The van der Waals surface area contributed by atoms with Gasteiger partial charge in [-0.1, -0.05) is 43.7 Å². The predicted octanol–water partition coefficient (Wildman–Crippen LogP) is 2.70. The number of imide groups is 1. The maximum Gasteiger partial charge on any atom is 0.261 e. The van der Waals surface area contributed by atoms with Crippen molar-refractivity contribution in [3.63, 3.8) is 0 Å². The molecule has 1 atom stereocenters. The molecular formula is C25H27N3O4. The first-order valence-corrected chi connectivity index (χ1v) is 11.1. The molecule has 2 aliphatic rings. The molecule has 7 nitrogen and oxygen atoms in total. The lowest BCUT2D eigenvalue weighted by Gasteiger charge is -2.19. The second-order valence-corrected chi connectivity index (χ2v) is 8.37. The number of hydrogen-bond donors (Lipinski definition) is 2. The highest BCUT2D eigenvalue weighted by molar-refractivity contribution is 6.22. The summed E-state index contributed by atoms with van der Waals surface area (Å²) in [5.41, 5.74) is 1.74. The van der Waals surface area contributed by atoms with Crippen LogP contribution in [0, 0.1) is 0 Å². The number of fused-ring (bicyclic) bond motifs is 1. The van der Waals surface area contributed by atoms with Crippen LogP contribution in [-0.4, -0.2) is 47.2 Å². The Hall–Kier alpha value is -3.48.